The highest BCUT2D eigenvalue weighted by Crippen LogP contribution is 2.25. The number of ketones is 1. The first-order valence-corrected chi connectivity index (χ1v) is 7.36. The molecule has 0 aromatic carbocycles. The molecule has 15 heavy (non-hydrogen) atoms. The molecule has 0 aromatic heterocycles. The fourth-order valence-electron chi connectivity index (χ4n) is 2.34. The van der Waals surface area contributed by atoms with Crippen molar-refractivity contribution < 1.29 is 4.79 Å². The molecule has 0 saturated heterocycles. The van der Waals surface area contributed by atoms with E-state index >= 15 is 0 Å². The topological polar surface area (TPSA) is 17.1 Å². The van der Waals surface area contributed by atoms with Crippen molar-refractivity contribution in [3.8, 4) is 0 Å². The van der Waals surface area contributed by atoms with E-state index in [2.05, 4.69) is 27.7 Å². The number of hydrogen-bond acceptors (Lipinski definition) is 1. The quantitative estimate of drug-likeness (QED) is 0.677. The highest BCUT2D eigenvalue weighted by atomic mass is 32.2. The third-order valence-electron chi connectivity index (χ3n) is 2.85. The maximum Gasteiger partial charge on any atom is 0.207 e. The van der Waals surface area contributed by atoms with Crippen LogP contribution >= 0.6 is 0 Å². The van der Waals surface area contributed by atoms with Crippen molar-refractivity contribution in [3.05, 3.63) is 12.2 Å². The van der Waals surface area contributed by atoms with E-state index in [1.165, 1.54) is 6.42 Å². The van der Waals surface area contributed by atoms with E-state index in [1.54, 1.807) is 0 Å². The molecule has 2 heteroatoms. The van der Waals surface area contributed by atoms with Crippen molar-refractivity contribution in [3.63, 3.8) is 0 Å². The number of allylic oxidation sites excluding steroid dienone is 2. The van der Waals surface area contributed by atoms with E-state index < -0.39 is 0 Å². The highest BCUT2D eigenvalue weighted by molar-refractivity contribution is 7.99. The Morgan fingerprint density at radius 3 is 2.40 bits per heavy atom. The number of rotatable bonds is 3. The summed E-state index contributed by atoms with van der Waals surface area (Å²) in [4.78, 5) is 12.0. The lowest BCUT2D eigenvalue weighted by atomic mass is 10.2. The molecule has 86 valence electrons. The fraction of sp³-hybridized carbons (Fsp3) is 0.769. The van der Waals surface area contributed by atoms with Crippen LogP contribution in [0.5, 0.6) is 0 Å². The summed E-state index contributed by atoms with van der Waals surface area (Å²) >= 11 is 0. The SMILES string of the molecule is CC(C)[S+](C(C)C)C1CCCC=CC1=O. The van der Waals surface area contributed by atoms with Crippen molar-refractivity contribution >= 4 is 16.7 Å². The summed E-state index contributed by atoms with van der Waals surface area (Å²) in [7, 11) is 0.244. The van der Waals surface area contributed by atoms with Crippen LogP contribution in [0.3, 0.4) is 0 Å². The van der Waals surface area contributed by atoms with Gasteiger partial charge in [0.15, 0.2) is 5.25 Å². The van der Waals surface area contributed by atoms with Gasteiger partial charge in [0.2, 0.25) is 5.78 Å². The number of carbonyl (C=O) groups excluding carboxylic acids is 1. The van der Waals surface area contributed by atoms with Crippen molar-refractivity contribution in [1.82, 2.24) is 0 Å². The van der Waals surface area contributed by atoms with E-state index in [-0.39, 0.29) is 10.9 Å². The van der Waals surface area contributed by atoms with Crippen LogP contribution in [0, 0.1) is 0 Å². The molecule has 0 aliphatic heterocycles. The van der Waals surface area contributed by atoms with Crippen molar-refractivity contribution in [2.45, 2.75) is 62.7 Å². The zero-order valence-corrected chi connectivity index (χ0v) is 11.1. The molecule has 1 aliphatic rings. The van der Waals surface area contributed by atoms with Gasteiger partial charge in [-0.25, -0.2) is 0 Å². The molecule has 1 atom stereocenters. The molecule has 0 aromatic rings. The summed E-state index contributed by atoms with van der Waals surface area (Å²) in [6.07, 6.45) is 7.21. The number of carbonyl (C=O) groups is 1. The second-order valence-corrected chi connectivity index (χ2v) is 8.00. The monoisotopic (exact) mass is 227 g/mol. The first-order chi connectivity index (χ1) is 7.04. The van der Waals surface area contributed by atoms with E-state index in [4.69, 9.17) is 0 Å². The van der Waals surface area contributed by atoms with Gasteiger partial charge in [-0.05, 0) is 46.6 Å². The minimum atomic E-state index is 0.244. The van der Waals surface area contributed by atoms with Crippen molar-refractivity contribution in [1.29, 1.82) is 0 Å². The minimum absolute atomic E-state index is 0.244. The van der Waals surface area contributed by atoms with Crippen LogP contribution in [0.4, 0.5) is 0 Å². The van der Waals surface area contributed by atoms with Crippen LogP contribution in [-0.2, 0) is 15.7 Å². The Bertz CT molecular complexity index is 235. The minimum Gasteiger partial charge on any atom is -0.289 e. The molecule has 0 fully saturated rings. The van der Waals surface area contributed by atoms with E-state index in [1.807, 2.05) is 12.2 Å². The van der Waals surface area contributed by atoms with Crippen LogP contribution in [0.15, 0.2) is 12.2 Å². The molecule has 0 heterocycles. The fourth-order valence-corrected chi connectivity index (χ4v) is 5.53. The maximum absolute atomic E-state index is 12.0. The van der Waals surface area contributed by atoms with Crippen LogP contribution < -0.4 is 0 Å². The molecular formula is C13H23OS+. The average Bonchev–Trinajstić information content (AvgIpc) is 2.31. The van der Waals surface area contributed by atoms with Crippen LogP contribution in [0.25, 0.3) is 0 Å². The summed E-state index contributed by atoms with van der Waals surface area (Å²) in [5.41, 5.74) is 0. The predicted molar refractivity (Wildman–Crippen MR) is 69.4 cm³/mol. The zero-order chi connectivity index (χ0) is 11.4. The number of hydrogen-bond donors (Lipinski definition) is 0. The van der Waals surface area contributed by atoms with E-state index in [0.29, 0.717) is 21.5 Å². The molecule has 1 rings (SSSR count). The molecule has 0 saturated carbocycles. The lowest BCUT2D eigenvalue weighted by Gasteiger charge is -2.22. The van der Waals surface area contributed by atoms with Gasteiger partial charge in [-0.15, -0.1) is 0 Å². The van der Waals surface area contributed by atoms with Crippen LogP contribution in [0.2, 0.25) is 0 Å². The van der Waals surface area contributed by atoms with Gasteiger partial charge in [-0.3, -0.25) is 4.79 Å². The second kappa shape index (κ2) is 5.74. The largest absolute Gasteiger partial charge is 0.289 e. The van der Waals surface area contributed by atoms with Gasteiger partial charge >= 0.3 is 0 Å². The maximum atomic E-state index is 12.0. The summed E-state index contributed by atoms with van der Waals surface area (Å²) in [5, 5.41) is 1.56. The molecule has 1 nitrogen and oxygen atoms in total. The third-order valence-corrected chi connectivity index (χ3v) is 6.16. The predicted octanol–water partition coefficient (Wildman–Crippen LogP) is 3.10. The third kappa shape index (κ3) is 3.37. The molecule has 1 unspecified atom stereocenters. The van der Waals surface area contributed by atoms with Crippen molar-refractivity contribution in [2.75, 3.05) is 0 Å². The van der Waals surface area contributed by atoms with E-state index in [9.17, 15) is 4.79 Å². The Balaban J connectivity index is 2.81. The Morgan fingerprint density at radius 2 is 1.87 bits per heavy atom. The van der Waals surface area contributed by atoms with Gasteiger partial charge in [-0.1, -0.05) is 6.08 Å². The van der Waals surface area contributed by atoms with Crippen molar-refractivity contribution in [2.24, 2.45) is 0 Å². The molecular weight excluding hydrogens is 204 g/mol. The molecule has 1 aliphatic carbocycles. The molecule has 0 N–H and O–H groups in total. The second-order valence-electron chi connectivity index (χ2n) is 4.73. The standard InChI is InChI=1S/C13H23OS/c1-10(2)15(11(3)4)13-9-7-5-6-8-12(13)14/h6,8,10-11,13H,5,7,9H2,1-4H3/q+1. The first-order valence-electron chi connectivity index (χ1n) is 5.95. The summed E-state index contributed by atoms with van der Waals surface area (Å²) in [5.74, 6) is 0.373. The Kier molecular flexibility index (Phi) is 4.91. The molecule has 0 bridgehead atoms. The Morgan fingerprint density at radius 1 is 1.27 bits per heavy atom. The van der Waals surface area contributed by atoms with Gasteiger partial charge in [0.25, 0.3) is 0 Å². The van der Waals surface area contributed by atoms with E-state index in [0.717, 1.165) is 12.8 Å². The summed E-state index contributed by atoms with van der Waals surface area (Å²) in [6, 6.07) is 0. The Hall–Kier alpha value is -0.240. The van der Waals surface area contributed by atoms with Gasteiger partial charge < -0.3 is 0 Å². The Labute approximate surface area is 96.7 Å². The molecule has 0 amide bonds. The normalized spacial score (nSPS) is 22.9. The van der Waals surface area contributed by atoms with Gasteiger partial charge in [0.05, 0.1) is 0 Å². The van der Waals surface area contributed by atoms with Crippen LogP contribution in [-0.4, -0.2) is 21.5 Å². The summed E-state index contributed by atoms with van der Waals surface area (Å²) < 4.78 is 0. The highest BCUT2D eigenvalue weighted by Gasteiger charge is 2.40. The molecule has 0 radical (unpaired) electrons. The molecule has 0 spiro atoms. The van der Waals surface area contributed by atoms with Gasteiger partial charge in [-0.2, -0.15) is 0 Å². The zero-order valence-electron chi connectivity index (χ0n) is 10.3. The van der Waals surface area contributed by atoms with Crippen LogP contribution in [0.1, 0.15) is 47.0 Å². The lowest BCUT2D eigenvalue weighted by Crippen LogP contribution is -2.39. The lowest BCUT2D eigenvalue weighted by molar-refractivity contribution is -0.114. The van der Waals surface area contributed by atoms with Gasteiger partial charge in [0, 0.05) is 17.3 Å². The summed E-state index contributed by atoms with van der Waals surface area (Å²) in [6.45, 7) is 9.02. The van der Waals surface area contributed by atoms with Gasteiger partial charge in [0.1, 0.15) is 10.5 Å². The first kappa shape index (κ1) is 12.8. The average molecular weight is 227 g/mol. The smallest absolute Gasteiger partial charge is 0.207 e.